The molecule has 0 bridgehead atoms. The van der Waals surface area contributed by atoms with Crippen molar-refractivity contribution in [3.63, 3.8) is 0 Å². The Labute approximate surface area is 170 Å². The molecular weight excluding hydrogens is 392 g/mol. The Morgan fingerprint density at radius 2 is 1.90 bits per heavy atom. The molecule has 1 aromatic heterocycles. The molecule has 2 aromatic carbocycles. The van der Waals surface area contributed by atoms with Gasteiger partial charge in [-0.25, -0.2) is 4.68 Å². The number of ether oxygens (including phenoxy) is 2. The summed E-state index contributed by atoms with van der Waals surface area (Å²) in [5, 5.41) is 17.8. The molecule has 10 nitrogen and oxygen atoms in total. The highest BCUT2D eigenvalue weighted by molar-refractivity contribution is 5.92. The quantitative estimate of drug-likeness (QED) is 0.468. The second kappa shape index (κ2) is 8.86. The first-order valence-electron chi connectivity index (χ1n) is 8.76. The molecular formula is C20H18N4O6. The van der Waals surface area contributed by atoms with Crippen LogP contribution >= 0.6 is 0 Å². The molecule has 3 rings (SSSR count). The topological polar surface area (TPSA) is 126 Å². The third-order valence-corrected chi connectivity index (χ3v) is 4.22. The van der Waals surface area contributed by atoms with E-state index in [9.17, 15) is 19.7 Å². The number of aromatic nitrogens is 2. The summed E-state index contributed by atoms with van der Waals surface area (Å²) in [7, 11) is 3.02. The number of benzene rings is 2. The summed E-state index contributed by atoms with van der Waals surface area (Å²) in [6.07, 6.45) is 0. The number of carbonyl (C=O) groups excluding carboxylic acids is 1. The predicted octanol–water partition coefficient (Wildman–Crippen LogP) is 2.47. The van der Waals surface area contributed by atoms with Gasteiger partial charge in [-0.3, -0.25) is 19.7 Å². The third kappa shape index (κ3) is 4.43. The van der Waals surface area contributed by atoms with Crippen molar-refractivity contribution in [3.05, 3.63) is 75.1 Å². The molecule has 0 radical (unpaired) electrons. The SMILES string of the molecule is COc1ccc(-c2ccc(=O)n(CC(=O)Nc3ccccc3[N+](=O)[O-])n2)c(OC)c1. The van der Waals surface area contributed by atoms with Gasteiger partial charge in [0.15, 0.2) is 0 Å². The molecule has 0 atom stereocenters. The van der Waals surface area contributed by atoms with Gasteiger partial charge in [0.2, 0.25) is 5.91 Å². The van der Waals surface area contributed by atoms with Crippen LogP contribution in [-0.4, -0.2) is 34.8 Å². The summed E-state index contributed by atoms with van der Waals surface area (Å²) in [6, 6.07) is 13.6. The van der Waals surface area contributed by atoms with E-state index in [-0.39, 0.29) is 11.4 Å². The van der Waals surface area contributed by atoms with Crippen LogP contribution in [0.2, 0.25) is 0 Å². The highest BCUT2D eigenvalue weighted by atomic mass is 16.6. The first kappa shape index (κ1) is 20.5. The van der Waals surface area contributed by atoms with Gasteiger partial charge in [0.05, 0.1) is 24.8 Å². The van der Waals surface area contributed by atoms with Gasteiger partial charge < -0.3 is 14.8 Å². The van der Waals surface area contributed by atoms with E-state index in [0.29, 0.717) is 22.8 Å². The summed E-state index contributed by atoms with van der Waals surface area (Å²) >= 11 is 0. The number of rotatable bonds is 7. The Morgan fingerprint density at radius 1 is 1.13 bits per heavy atom. The maximum absolute atomic E-state index is 12.4. The Morgan fingerprint density at radius 3 is 2.60 bits per heavy atom. The van der Waals surface area contributed by atoms with Crippen molar-refractivity contribution in [2.24, 2.45) is 0 Å². The number of amides is 1. The fourth-order valence-electron chi connectivity index (χ4n) is 2.78. The van der Waals surface area contributed by atoms with Gasteiger partial charge >= 0.3 is 0 Å². The number of nitrogens with one attached hydrogen (secondary N) is 1. The highest BCUT2D eigenvalue weighted by Gasteiger charge is 2.16. The molecule has 1 N–H and O–H groups in total. The van der Waals surface area contributed by atoms with E-state index >= 15 is 0 Å². The average Bonchev–Trinajstić information content (AvgIpc) is 2.75. The van der Waals surface area contributed by atoms with Gasteiger partial charge in [0.25, 0.3) is 11.2 Å². The van der Waals surface area contributed by atoms with Crippen LogP contribution in [0.15, 0.2) is 59.4 Å². The van der Waals surface area contributed by atoms with Crippen LogP contribution in [0.25, 0.3) is 11.3 Å². The van der Waals surface area contributed by atoms with Gasteiger partial charge in [0, 0.05) is 23.8 Å². The number of anilines is 1. The van der Waals surface area contributed by atoms with Gasteiger partial charge in [-0.05, 0) is 24.3 Å². The lowest BCUT2D eigenvalue weighted by molar-refractivity contribution is -0.383. The van der Waals surface area contributed by atoms with Crippen LogP contribution in [-0.2, 0) is 11.3 Å². The van der Waals surface area contributed by atoms with Crippen molar-refractivity contribution in [3.8, 4) is 22.8 Å². The Balaban J connectivity index is 1.87. The summed E-state index contributed by atoms with van der Waals surface area (Å²) < 4.78 is 11.5. The number of nitro groups is 1. The van der Waals surface area contributed by atoms with Crippen molar-refractivity contribution in [2.75, 3.05) is 19.5 Å². The standard InChI is InChI=1S/C20H18N4O6/c1-29-13-7-8-14(18(11-13)30-2)15-9-10-20(26)23(22-15)12-19(25)21-16-5-3-4-6-17(16)24(27)28/h3-11H,12H2,1-2H3,(H,21,25). The van der Waals surface area contributed by atoms with Crippen LogP contribution in [0, 0.1) is 10.1 Å². The molecule has 0 unspecified atom stereocenters. The molecule has 0 fully saturated rings. The largest absolute Gasteiger partial charge is 0.497 e. The lowest BCUT2D eigenvalue weighted by Crippen LogP contribution is -2.29. The minimum Gasteiger partial charge on any atom is -0.497 e. The van der Waals surface area contributed by atoms with Gasteiger partial charge in [-0.1, -0.05) is 12.1 Å². The number of carbonyl (C=O) groups is 1. The molecule has 0 aliphatic carbocycles. The van der Waals surface area contributed by atoms with E-state index in [4.69, 9.17) is 9.47 Å². The van der Waals surface area contributed by atoms with Crippen LogP contribution in [0.4, 0.5) is 11.4 Å². The van der Waals surface area contributed by atoms with Crippen LogP contribution in [0.3, 0.4) is 0 Å². The second-order valence-electron chi connectivity index (χ2n) is 6.10. The number of para-hydroxylation sites is 2. The molecule has 1 heterocycles. The molecule has 0 saturated heterocycles. The summed E-state index contributed by atoms with van der Waals surface area (Å²) in [5.41, 5.74) is 0.305. The molecule has 3 aromatic rings. The Hall–Kier alpha value is -4.21. The first-order valence-corrected chi connectivity index (χ1v) is 8.76. The normalized spacial score (nSPS) is 10.3. The van der Waals surface area contributed by atoms with Gasteiger partial charge in [-0.2, -0.15) is 5.10 Å². The van der Waals surface area contributed by atoms with E-state index in [0.717, 1.165) is 4.68 Å². The van der Waals surface area contributed by atoms with Gasteiger partial charge in [-0.15, -0.1) is 0 Å². The lowest BCUT2D eigenvalue weighted by atomic mass is 10.1. The fourth-order valence-corrected chi connectivity index (χ4v) is 2.78. The average molecular weight is 410 g/mol. The maximum atomic E-state index is 12.4. The summed E-state index contributed by atoms with van der Waals surface area (Å²) in [5.74, 6) is 0.446. The smallest absolute Gasteiger partial charge is 0.292 e. The number of nitrogens with zero attached hydrogens (tertiary/aromatic N) is 3. The molecule has 30 heavy (non-hydrogen) atoms. The number of hydrogen-bond donors (Lipinski definition) is 1. The minimum atomic E-state index is -0.627. The van der Waals surface area contributed by atoms with Crippen LogP contribution in [0.5, 0.6) is 11.5 Å². The lowest BCUT2D eigenvalue weighted by Gasteiger charge is -2.12. The molecule has 0 spiro atoms. The monoisotopic (exact) mass is 410 g/mol. The van der Waals surface area contributed by atoms with Gasteiger partial charge in [0.1, 0.15) is 23.7 Å². The zero-order chi connectivity index (χ0) is 21.7. The highest BCUT2D eigenvalue weighted by Crippen LogP contribution is 2.31. The molecule has 0 aliphatic rings. The van der Waals surface area contributed by atoms with E-state index in [1.54, 1.807) is 24.3 Å². The summed E-state index contributed by atoms with van der Waals surface area (Å²) in [6.45, 7) is -0.419. The number of methoxy groups -OCH3 is 2. The fraction of sp³-hybridized carbons (Fsp3) is 0.150. The molecule has 0 saturated carbocycles. The molecule has 0 aliphatic heterocycles. The third-order valence-electron chi connectivity index (χ3n) is 4.22. The van der Waals surface area contributed by atoms with Crippen LogP contribution < -0.4 is 20.3 Å². The first-order chi connectivity index (χ1) is 14.4. The van der Waals surface area contributed by atoms with Crippen molar-refractivity contribution < 1.29 is 19.2 Å². The Kier molecular flexibility index (Phi) is 6.06. The van der Waals surface area contributed by atoms with E-state index in [1.165, 1.54) is 44.6 Å². The van der Waals surface area contributed by atoms with E-state index in [2.05, 4.69) is 10.4 Å². The van der Waals surface area contributed by atoms with Crippen LogP contribution in [0.1, 0.15) is 0 Å². The summed E-state index contributed by atoms with van der Waals surface area (Å²) in [4.78, 5) is 35.1. The Bertz CT molecular complexity index is 1160. The van der Waals surface area contributed by atoms with Crippen molar-refractivity contribution in [1.29, 1.82) is 0 Å². The zero-order valence-electron chi connectivity index (χ0n) is 16.2. The molecule has 10 heteroatoms. The van der Waals surface area contributed by atoms with Crippen molar-refractivity contribution in [1.82, 2.24) is 9.78 Å². The minimum absolute atomic E-state index is 0.0357. The maximum Gasteiger partial charge on any atom is 0.292 e. The van der Waals surface area contributed by atoms with Crippen molar-refractivity contribution >= 4 is 17.3 Å². The number of nitro benzene ring substituents is 1. The molecule has 1 amide bonds. The second-order valence-corrected chi connectivity index (χ2v) is 6.10. The van der Waals surface area contributed by atoms with E-state index in [1.807, 2.05) is 0 Å². The zero-order valence-corrected chi connectivity index (χ0v) is 16.2. The number of hydrogen-bond acceptors (Lipinski definition) is 7. The van der Waals surface area contributed by atoms with E-state index < -0.39 is 22.9 Å². The predicted molar refractivity (Wildman–Crippen MR) is 109 cm³/mol. The van der Waals surface area contributed by atoms with Crippen molar-refractivity contribution in [2.45, 2.75) is 6.54 Å². The molecule has 154 valence electrons.